The maximum Gasteiger partial charge on any atom is 0.417 e. The fourth-order valence-corrected chi connectivity index (χ4v) is 3.55. The molecule has 1 aliphatic heterocycles. The number of alkyl halides is 3. The van der Waals surface area contributed by atoms with Gasteiger partial charge in [-0.1, -0.05) is 6.07 Å². The maximum absolute atomic E-state index is 13.7. The second-order valence-corrected chi connectivity index (χ2v) is 7.29. The van der Waals surface area contributed by atoms with Crippen LogP contribution in [0.1, 0.15) is 5.56 Å². The van der Waals surface area contributed by atoms with Crippen LogP contribution in [0.3, 0.4) is 0 Å². The Hall–Kier alpha value is -3.73. The number of fused-ring (bicyclic) bond motifs is 1. The average Bonchev–Trinajstić information content (AvgIpc) is 2.81. The first kappa shape index (κ1) is 22.5. The summed E-state index contributed by atoms with van der Waals surface area (Å²) in [6, 6.07) is 10.3. The molecule has 3 aromatic rings. The van der Waals surface area contributed by atoms with Crippen molar-refractivity contribution in [3.63, 3.8) is 0 Å². The molecule has 0 N–H and O–H groups in total. The number of aromatic nitrogens is 1. The number of non-ortho nitro benzene ring substituents is 1. The van der Waals surface area contributed by atoms with Crippen LogP contribution < -0.4 is 4.74 Å². The van der Waals surface area contributed by atoms with E-state index in [1.165, 1.54) is 47.4 Å². The fourth-order valence-electron chi connectivity index (χ4n) is 3.55. The van der Waals surface area contributed by atoms with Crippen molar-refractivity contribution in [2.45, 2.75) is 6.18 Å². The molecule has 33 heavy (non-hydrogen) atoms. The molecule has 0 saturated carbocycles. The molecule has 0 aliphatic carbocycles. The summed E-state index contributed by atoms with van der Waals surface area (Å²) in [5.41, 5.74) is -0.340. The van der Waals surface area contributed by atoms with Gasteiger partial charge in [0.2, 0.25) is 0 Å². The van der Waals surface area contributed by atoms with E-state index in [4.69, 9.17) is 9.47 Å². The molecule has 1 saturated heterocycles. The van der Waals surface area contributed by atoms with Gasteiger partial charge < -0.3 is 14.4 Å². The molecule has 0 unspecified atom stereocenters. The second-order valence-electron chi connectivity index (χ2n) is 7.29. The Morgan fingerprint density at radius 3 is 2.48 bits per heavy atom. The van der Waals surface area contributed by atoms with E-state index in [0.29, 0.717) is 31.9 Å². The molecule has 0 spiro atoms. The van der Waals surface area contributed by atoms with Gasteiger partial charge >= 0.3 is 6.18 Å². The first-order chi connectivity index (χ1) is 15.7. The summed E-state index contributed by atoms with van der Waals surface area (Å²) < 4.78 is 51.9. The second kappa shape index (κ2) is 9.02. The lowest BCUT2D eigenvalue weighted by molar-refractivity contribution is -0.384. The van der Waals surface area contributed by atoms with Crippen LogP contribution >= 0.6 is 0 Å². The molecule has 1 aliphatic rings. The predicted molar refractivity (Wildman–Crippen MR) is 112 cm³/mol. The molecule has 1 amide bonds. The van der Waals surface area contributed by atoms with E-state index < -0.39 is 23.3 Å². The summed E-state index contributed by atoms with van der Waals surface area (Å²) >= 11 is 0. The third-order valence-corrected chi connectivity index (χ3v) is 5.19. The van der Waals surface area contributed by atoms with Crippen molar-refractivity contribution in [1.29, 1.82) is 0 Å². The number of rotatable bonds is 5. The smallest absolute Gasteiger partial charge is 0.417 e. The van der Waals surface area contributed by atoms with E-state index in [9.17, 15) is 28.1 Å². The molecular formula is C22H18F3N3O5. The number of ether oxygens (including phenoxy) is 2. The lowest BCUT2D eigenvalue weighted by Crippen LogP contribution is -2.43. The molecule has 172 valence electrons. The highest BCUT2D eigenvalue weighted by molar-refractivity contribution is 5.91. The SMILES string of the molecule is O=C(COc1cc(-c2ccc([N+](=O)[O-])cc2)nc2cccc(C(F)(F)F)c12)N1CCOCC1. The Balaban J connectivity index is 1.75. The molecule has 11 heteroatoms. The van der Waals surface area contributed by atoms with Crippen LogP contribution in [0.25, 0.3) is 22.2 Å². The number of halogens is 3. The van der Waals surface area contributed by atoms with Crippen LogP contribution in [0.4, 0.5) is 18.9 Å². The van der Waals surface area contributed by atoms with Crippen LogP contribution in [0, 0.1) is 10.1 Å². The summed E-state index contributed by atoms with van der Waals surface area (Å²) in [6.45, 7) is 1.06. The van der Waals surface area contributed by atoms with Crippen molar-refractivity contribution >= 4 is 22.5 Å². The van der Waals surface area contributed by atoms with Gasteiger partial charge in [-0.3, -0.25) is 14.9 Å². The molecule has 2 heterocycles. The number of morpholine rings is 1. The Morgan fingerprint density at radius 1 is 1.15 bits per heavy atom. The molecule has 8 nitrogen and oxygen atoms in total. The zero-order valence-corrected chi connectivity index (χ0v) is 17.2. The minimum atomic E-state index is -4.66. The summed E-state index contributed by atoms with van der Waals surface area (Å²) in [7, 11) is 0. The highest BCUT2D eigenvalue weighted by atomic mass is 19.4. The van der Waals surface area contributed by atoms with Crippen LogP contribution in [-0.2, 0) is 15.7 Å². The molecule has 0 atom stereocenters. The summed E-state index contributed by atoms with van der Waals surface area (Å²) in [6.07, 6.45) is -4.66. The summed E-state index contributed by atoms with van der Waals surface area (Å²) in [4.78, 5) is 28.7. The van der Waals surface area contributed by atoms with Gasteiger partial charge in [-0.05, 0) is 24.3 Å². The number of nitro groups is 1. The standard InChI is InChI=1S/C22H18F3N3O5/c23-22(24,25)16-2-1-3-17-21(16)19(33-13-20(29)27-8-10-32-11-9-27)12-18(26-17)14-4-6-15(7-5-14)28(30)31/h1-7,12H,8-11,13H2. The molecule has 0 bridgehead atoms. The third-order valence-electron chi connectivity index (χ3n) is 5.19. The highest BCUT2D eigenvalue weighted by Crippen LogP contribution is 2.40. The Morgan fingerprint density at radius 2 is 1.85 bits per heavy atom. The van der Waals surface area contributed by atoms with Crippen molar-refractivity contribution in [1.82, 2.24) is 9.88 Å². The quantitative estimate of drug-likeness (QED) is 0.420. The van der Waals surface area contributed by atoms with E-state index in [2.05, 4.69) is 4.98 Å². The van der Waals surface area contributed by atoms with Gasteiger partial charge in [0.1, 0.15) is 5.75 Å². The Bertz CT molecular complexity index is 1190. The predicted octanol–water partition coefficient (Wildman–Crippen LogP) is 4.07. The third kappa shape index (κ3) is 4.87. The number of carbonyl (C=O) groups excluding carboxylic acids is 1. The van der Waals surface area contributed by atoms with Gasteiger partial charge in [0.25, 0.3) is 11.6 Å². The van der Waals surface area contributed by atoms with Crippen LogP contribution in [0.15, 0.2) is 48.5 Å². The summed E-state index contributed by atoms with van der Waals surface area (Å²) in [5, 5.41) is 10.6. The number of pyridine rings is 1. The molecule has 2 aromatic carbocycles. The zero-order valence-electron chi connectivity index (χ0n) is 17.2. The van der Waals surface area contributed by atoms with E-state index in [1.54, 1.807) is 0 Å². The van der Waals surface area contributed by atoms with Crippen molar-refractivity contribution < 1.29 is 32.4 Å². The number of hydrogen-bond donors (Lipinski definition) is 0. The van der Waals surface area contributed by atoms with Crippen LogP contribution in [-0.4, -0.2) is 53.6 Å². The number of amides is 1. The monoisotopic (exact) mass is 461 g/mol. The largest absolute Gasteiger partial charge is 0.483 e. The summed E-state index contributed by atoms with van der Waals surface area (Å²) in [5.74, 6) is -0.521. The van der Waals surface area contributed by atoms with Gasteiger partial charge in [0.05, 0.1) is 40.3 Å². The first-order valence-electron chi connectivity index (χ1n) is 9.98. The lowest BCUT2D eigenvalue weighted by Gasteiger charge is -2.27. The van der Waals surface area contributed by atoms with E-state index in [0.717, 1.165) is 6.07 Å². The Labute approximate surface area is 185 Å². The van der Waals surface area contributed by atoms with Crippen LogP contribution in [0.5, 0.6) is 5.75 Å². The van der Waals surface area contributed by atoms with Crippen molar-refractivity contribution in [2.24, 2.45) is 0 Å². The van der Waals surface area contributed by atoms with Crippen LogP contribution in [0.2, 0.25) is 0 Å². The van der Waals surface area contributed by atoms with Gasteiger partial charge in [0, 0.05) is 36.9 Å². The molecule has 1 fully saturated rings. The molecule has 4 rings (SSSR count). The molecule has 1 aromatic heterocycles. The van der Waals surface area contributed by atoms with Crippen molar-refractivity contribution in [2.75, 3.05) is 32.9 Å². The zero-order chi connectivity index (χ0) is 23.6. The molecule has 0 radical (unpaired) electrons. The minimum Gasteiger partial charge on any atom is -0.483 e. The van der Waals surface area contributed by atoms with Gasteiger partial charge in [0.15, 0.2) is 6.61 Å². The lowest BCUT2D eigenvalue weighted by atomic mass is 10.0. The number of nitro benzene ring substituents is 1. The number of nitrogens with zero attached hydrogens (tertiary/aromatic N) is 3. The van der Waals surface area contributed by atoms with E-state index >= 15 is 0 Å². The highest BCUT2D eigenvalue weighted by Gasteiger charge is 2.34. The molecular weight excluding hydrogens is 443 g/mol. The number of carbonyl (C=O) groups is 1. The minimum absolute atomic E-state index is 0.0227. The number of hydrogen-bond acceptors (Lipinski definition) is 6. The average molecular weight is 461 g/mol. The first-order valence-corrected chi connectivity index (χ1v) is 9.98. The van der Waals surface area contributed by atoms with E-state index in [-0.39, 0.29) is 33.9 Å². The van der Waals surface area contributed by atoms with Gasteiger partial charge in [-0.25, -0.2) is 4.98 Å². The normalized spacial score (nSPS) is 14.3. The van der Waals surface area contributed by atoms with Gasteiger partial charge in [-0.2, -0.15) is 13.2 Å². The van der Waals surface area contributed by atoms with Crippen molar-refractivity contribution in [3.8, 4) is 17.0 Å². The topological polar surface area (TPSA) is 94.8 Å². The van der Waals surface area contributed by atoms with Gasteiger partial charge in [-0.15, -0.1) is 0 Å². The maximum atomic E-state index is 13.7. The van der Waals surface area contributed by atoms with Crippen molar-refractivity contribution in [3.05, 3.63) is 64.2 Å². The number of benzene rings is 2. The van der Waals surface area contributed by atoms with E-state index in [1.807, 2.05) is 0 Å². The fraction of sp³-hybridized carbons (Fsp3) is 0.273. The Kier molecular flexibility index (Phi) is 6.14.